The maximum Gasteiger partial charge on any atom is 0.319 e. The van der Waals surface area contributed by atoms with E-state index < -0.39 is 0 Å². The second kappa shape index (κ2) is 7.50. The molecule has 0 radical (unpaired) electrons. The van der Waals surface area contributed by atoms with Crippen LogP contribution in [0.2, 0.25) is 5.02 Å². The molecule has 0 aliphatic carbocycles. The maximum atomic E-state index is 11.8. The average molecular weight is 301 g/mol. The molecule has 0 saturated carbocycles. The van der Waals surface area contributed by atoms with Crippen molar-refractivity contribution in [2.45, 2.75) is 13.0 Å². The lowest BCUT2D eigenvalue weighted by Gasteiger charge is -2.13. The first-order valence-corrected chi connectivity index (χ1v) is 7.07. The fraction of sp³-hybridized carbons (Fsp3) is 0.118. The van der Waals surface area contributed by atoms with E-state index in [4.69, 9.17) is 11.6 Å². The third kappa shape index (κ3) is 4.97. The molecule has 1 unspecified atom stereocenters. The molecule has 0 heterocycles. The molecule has 3 nitrogen and oxygen atoms in total. The summed E-state index contributed by atoms with van der Waals surface area (Å²) in [6, 6.07) is 16.9. The molecule has 0 fully saturated rings. The molecule has 2 aromatic carbocycles. The van der Waals surface area contributed by atoms with Crippen LogP contribution in [0.3, 0.4) is 0 Å². The number of rotatable bonds is 4. The minimum absolute atomic E-state index is 0.0502. The molecular formula is C17H17ClN2O. The van der Waals surface area contributed by atoms with E-state index in [0.29, 0.717) is 5.02 Å². The van der Waals surface area contributed by atoms with Gasteiger partial charge in [0.15, 0.2) is 0 Å². The molecule has 108 valence electrons. The highest BCUT2D eigenvalue weighted by molar-refractivity contribution is 6.30. The molecule has 2 N–H and O–H groups in total. The smallest absolute Gasteiger partial charge is 0.319 e. The van der Waals surface area contributed by atoms with Crippen molar-refractivity contribution in [3.63, 3.8) is 0 Å². The summed E-state index contributed by atoms with van der Waals surface area (Å²) in [4.78, 5) is 11.8. The summed E-state index contributed by atoms with van der Waals surface area (Å²) in [5, 5.41) is 6.21. The zero-order valence-corrected chi connectivity index (χ0v) is 12.5. The Bertz CT molecular complexity index is 626. The minimum atomic E-state index is -0.246. The zero-order valence-electron chi connectivity index (χ0n) is 11.7. The van der Waals surface area contributed by atoms with Crippen LogP contribution in [0.1, 0.15) is 24.1 Å². The molecule has 0 saturated heterocycles. The fourth-order valence-corrected chi connectivity index (χ4v) is 2.09. The summed E-state index contributed by atoms with van der Waals surface area (Å²) < 4.78 is 0. The van der Waals surface area contributed by atoms with E-state index in [1.807, 2.05) is 55.5 Å². The number of halogens is 1. The molecule has 2 amide bonds. The number of benzene rings is 2. The number of carbonyl (C=O) groups excluding carboxylic acids is 1. The second-order valence-corrected chi connectivity index (χ2v) is 5.07. The summed E-state index contributed by atoms with van der Waals surface area (Å²) in [5.74, 6) is 0. The maximum absolute atomic E-state index is 11.8. The normalized spacial score (nSPS) is 12.1. The topological polar surface area (TPSA) is 41.1 Å². The van der Waals surface area contributed by atoms with Crippen LogP contribution in [0.5, 0.6) is 0 Å². The quantitative estimate of drug-likeness (QED) is 0.865. The first-order valence-electron chi connectivity index (χ1n) is 6.69. The van der Waals surface area contributed by atoms with Gasteiger partial charge >= 0.3 is 6.03 Å². The zero-order chi connectivity index (χ0) is 15.1. The average Bonchev–Trinajstić information content (AvgIpc) is 2.48. The van der Waals surface area contributed by atoms with E-state index in [2.05, 4.69) is 10.6 Å². The van der Waals surface area contributed by atoms with Crippen LogP contribution in [-0.2, 0) is 0 Å². The van der Waals surface area contributed by atoms with Crippen molar-refractivity contribution in [3.8, 4) is 0 Å². The monoisotopic (exact) mass is 300 g/mol. The second-order valence-electron chi connectivity index (χ2n) is 4.64. The minimum Gasteiger partial charge on any atom is -0.331 e. The van der Waals surface area contributed by atoms with Gasteiger partial charge < -0.3 is 10.6 Å². The Balaban J connectivity index is 1.85. The van der Waals surface area contributed by atoms with E-state index in [1.165, 1.54) is 0 Å². The van der Waals surface area contributed by atoms with Crippen molar-refractivity contribution in [2.24, 2.45) is 0 Å². The Labute approximate surface area is 129 Å². The first kappa shape index (κ1) is 15.1. The van der Waals surface area contributed by atoms with Crippen molar-refractivity contribution in [2.75, 3.05) is 0 Å². The standard InChI is InChI=1S/C17H17ClN2O/c1-13(15-7-3-2-4-8-15)20-17(21)19-11-10-14-6-5-9-16(18)12-14/h2-13H,1H3,(H2,19,20,21)/b11-10+. The number of carbonyl (C=O) groups is 1. The van der Waals surface area contributed by atoms with Crippen molar-refractivity contribution in [3.05, 3.63) is 76.9 Å². The van der Waals surface area contributed by atoms with E-state index in [9.17, 15) is 4.79 Å². The molecular weight excluding hydrogens is 284 g/mol. The van der Waals surface area contributed by atoms with Gasteiger partial charge in [0.05, 0.1) is 6.04 Å². The number of urea groups is 1. The molecule has 0 aromatic heterocycles. The summed E-state index contributed by atoms with van der Waals surface area (Å²) in [6.45, 7) is 1.94. The van der Waals surface area contributed by atoms with E-state index in [1.54, 1.807) is 18.3 Å². The van der Waals surface area contributed by atoms with Crippen LogP contribution >= 0.6 is 11.6 Å². The van der Waals surface area contributed by atoms with Gasteiger partial charge in [-0.25, -0.2) is 4.79 Å². The molecule has 21 heavy (non-hydrogen) atoms. The van der Waals surface area contributed by atoms with E-state index in [-0.39, 0.29) is 12.1 Å². The van der Waals surface area contributed by atoms with Gasteiger partial charge in [0.25, 0.3) is 0 Å². The van der Waals surface area contributed by atoms with Crippen LogP contribution in [-0.4, -0.2) is 6.03 Å². The van der Waals surface area contributed by atoms with Gasteiger partial charge in [0.2, 0.25) is 0 Å². The SMILES string of the molecule is CC(NC(=O)N/C=C/c1cccc(Cl)c1)c1ccccc1. The highest BCUT2D eigenvalue weighted by atomic mass is 35.5. The molecule has 0 bridgehead atoms. The Morgan fingerprint density at radius 3 is 2.62 bits per heavy atom. The molecule has 1 atom stereocenters. The Hall–Kier alpha value is -2.26. The van der Waals surface area contributed by atoms with Crippen molar-refractivity contribution < 1.29 is 4.79 Å². The predicted molar refractivity (Wildman–Crippen MR) is 87.0 cm³/mol. The van der Waals surface area contributed by atoms with Gasteiger partial charge in [-0.15, -0.1) is 0 Å². The van der Waals surface area contributed by atoms with Gasteiger partial charge in [-0.3, -0.25) is 0 Å². The third-order valence-electron chi connectivity index (χ3n) is 2.99. The Kier molecular flexibility index (Phi) is 5.41. The van der Waals surface area contributed by atoms with Gasteiger partial charge in [-0.2, -0.15) is 0 Å². The third-order valence-corrected chi connectivity index (χ3v) is 3.22. The first-order chi connectivity index (χ1) is 10.1. The lowest BCUT2D eigenvalue weighted by molar-refractivity contribution is 0.241. The Morgan fingerprint density at radius 1 is 1.14 bits per heavy atom. The van der Waals surface area contributed by atoms with Crippen molar-refractivity contribution in [1.82, 2.24) is 10.6 Å². The number of hydrogen-bond acceptors (Lipinski definition) is 1. The van der Waals surface area contributed by atoms with Crippen LogP contribution < -0.4 is 10.6 Å². The van der Waals surface area contributed by atoms with E-state index >= 15 is 0 Å². The van der Waals surface area contributed by atoms with Crippen LogP contribution in [0.15, 0.2) is 60.8 Å². The fourth-order valence-electron chi connectivity index (χ4n) is 1.89. The van der Waals surface area contributed by atoms with Gasteiger partial charge in [0.1, 0.15) is 0 Å². The van der Waals surface area contributed by atoms with Gasteiger partial charge in [-0.05, 0) is 36.3 Å². The highest BCUT2D eigenvalue weighted by Gasteiger charge is 2.07. The summed E-state index contributed by atoms with van der Waals surface area (Å²) in [6.07, 6.45) is 3.39. The lowest BCUT2D eigenvalue weighted by Crippen LogP contribution is -2.34. The van der Waals surface area contributed by atoms with Crippen LogP contribution in [0.4, 0.5) is 4.79 Å². The summed E-state index contributed by atoms with van der Waals surface area (Å²) in [7, 11) is 0. The molecule has 2 rings (SSSR count). The molecule has 0 spiro atoms. The highest BCUT2D eigenvalue weighted by Crippen LogP contribution is 2.12. The van der Waals surface area contributed by atoms with Gasteiger partial charge in [0, 0.05) is 11.2 Å². The predicted octanol–water partition coefficient (Wildman–Crippen LogP) is 4.37. The summed E-state index contributed by atoms with van der Waals surface area (Å²) in [5.41, 5.74) is 1.99. The number of hydrogen-bond donors (Lipinski definition) is 2. The molecule has 0 aliphatic heterocycles. The lowest BCUT2D eigenvalue weighted by atomic mass is 10.1. The number of amides is 2. The largest absolute Gasteiger partial charge is 0.331 e. The molecule has 0 aliphatic rings. The Morgan fingerprint density at radius 2 is 1.90 bits per heavy atom. The molecule has 4 heteroatoms. The van der Waals surface area contributed by atoms with Gasteiger partial charge in [-0.1, -0.05) is 54.1 Å². The van der Waals surface area contributed by atoms with Crippen molar-refractivity contribution >= 4 is 23.7 Å². The van der Waals surface area contributed by atoms with E-state index in [0.717, 1.165) is 11.1 Å². The number of nitrogens with one attached hydrogen (secondary N) is 2. The van der Waals surface area contributed by atoms with Crippen LogP contribution in [0.25, 0.3) is 6.08 Å². The van der Waals surface area contributed by atoms with Crippen molar-refractivity contribution in [1.29, 1.82) is 0 Å². The molecule has 2 aromatic rings. The summed E-state index contributed by atoms with van der Waals surface area (Å²) >= 11 is 5.89. The van der Waals surface area contributed by atoms with Crippen LogP contribution in [0, 0.1) is 0 Å².